The maximum absolute atomic E-state index is 10.7. The Hall–Kier alpha value is -0.560. The van der Waals surface area contributed by atoms with Gasteiger partial charge in [-0.15, -0.1) is 0 Å². The topological polar surface area (TPSA) is 228 Å². The van der Waals surface area contributed by atoms with Crippen molar-refractivity contribution < 1.29 is 69.6 Å². The molecule has 0 amide bonds. The van der Waals surface area contributed by atoms with Crippen molar-refractivity contribution in [3.8, 4) is 0 Å². The van der Waals surface area contributed by atoms with Crippen molar-refractivity contribution in [2.24, 2.45) is 0 Å². The Kier molecular flexibility index (Phi) is 8.21. The first-order chi connectivity index (χ1) is 14.6. The minimum atomic E-state index is -1.75. The molecule has 3 fully saturated rings. The van der Waals surface area contributed by atoms with Gasteiger partial charge in [0.15, 0.2) is 18.9 Å². The lowest BCUT2D eigenvalue weighted by atomic mass is 9.97. The van der Waals surface area contributed by atoms with Crippen LogP contribution in [0.25, 0.3) is 0 Å². The zero-order chi connectivity index (χ0) is 23.0. The van der Waals surface area contributed by atoms with E-state index in [0.29, 0.717) is 0 Å². The van der Waals surface area contributed by atoms with Crippen LogP contribution in [0.4, 0.5) is 0 Å². The van der Waals surface area contributed by atoms with E-state index in [1.807, 2.05) is 0 Å². The summed E-state index contributed by atoms with van der Waals surface area (Å²) in [5.41, 5.74) is 0. The summed E-state index contributed by atoms with van der Waals surface area (Å²) >= 11 is 0. The molecule has 3 heterocycles. The fourth-order valence-electron chi connectivity index (χ4n) is 3.82. The van der Waals surface area contributed by atoms with E-state index in [1.165, 1.54) is 6.92 Å². The number of hydrogen-bond acceptors (Lipinski definition) is 14. The molecule has 0 aliphatic carbocycles. The monoisotopic (exact) mass is 458 g/mol. The van der Waals surface area contributed by atoms with Crippen LogP contribution in [0.15, 0.2) is 0 Å². The van der Waals surface area contributed by atoms with E-state index in [0.717, 1.165) is 0 Å². The Bertz CT molecular complexity index is 581. The van der Waals surface area contributed by atoms with E-state index in [9.17, 15) is 46.0 Å². The third-order valence-corrected chi connectivity index (χ3v) is 5.70. The third-order valence-electron chi connectivity index (χ3n) is 5.70. The van der Waals surface area contributed by atoms with Crippen LogP contribution in [-0.2, 0) is 23.7 Å². The molecule has 1 unspecified atom stereocenters. The summed E-state index contributed by atoms with van der Waals surface area (Å²) in [5.74, 6) is 0. The van der Waals surface area contributed by atoms with Crippen molar-refractivity contribution in [2.75, 3.05) is 13.2 Å². The summed E-state index contributed by atoms with van der Waals surface area (Å²) in [5, 5.41) is 89.3. The van der Waals surface area contributed by atoms with Crippen LogP contribution >= 0.6 is 0 Å². The lowest BCUT2D eigenvalue weighted by Crippen LogP contribution is -2.64. The summed E-state index contributed by atoms with van der Waals surface area (Å²) < 4.78 is 26.6. The maximum Gasteiger partial charge on any atom is 0.187 e. The van der Waals surface area contributed by atoms with Gasteiger partial charge in [-0.05, 0) is 6.92 Å². The molecule has 0 bridgehead atoms. The van der Waals surface area contributed by atoms with Gasteiger partial charge in [0.1, 0.15) is 61.0 Å². The molecular weight excluding hydrogens is 428 g/mol. The van der Waals surface area contributed by atoms with Crippen LogP contribution in [-0.4, -0.2) is 145 Å². The van der Waals surface area contributed by atoms with Crippen molar-refractivity contribution in [1.29, 1.82) is 0 Å². The molecule has 0 radical (unpaired) electrons. The Morgan fingerprint density at radius 3 is 1.65 bits per heavy atom. The van der Waals surface area contributed by atoms with Crippen molar-refractivity contribution >= 4 is 0 Å². The van der Waals surface area contributed by atoms with E-state index < -0.39 is 99.2 Å². The summed E-state index contributed by atoms with van der Waals surface area (Å²) in [7, 11) is 0. The highest BCUT2D eigenvalue weighted by atomic mass is 16.7. The number of ether oxygens (including phenoxy) is 5. The highest BCUT2D eigenvalue weighted by Gasteiger charge is 2.53. The number of hydrogen-bond donors (Lipinski definition) is 9. The van der Waals surface area contributed by atoms with Gasteiger partial charge in [0.25, 0.3) is 0 Å². The smallest absolute Gasteiger partial charge is 0.187 e. The van der Waals surface area contributed by atoms with Gasteiger partial charge in [0.05, 0.1) is 19.3 Å². The standard InChI is InChI=1S/C17H30O14/c1-4-13(9(22)10(23)15(26)27-4)30-17-12(25)14(8(21)6(3-19)29-17)31-16-11(24)7(20)5(2-18)28-16/h4-26H,2-3H2,1H3/t4-,5-,6+,7-,8-,9-,10+,11+,12+,13-,14-,15?,16-,17-/m0/s1. The SMILES string of the molecule is C[C@@H]1OC(O)[C@H](O)[C@H](O)[C@H]1O[C@@H]1O[C@H](CO)[C@H](O)[C@H](O[C@@H]2O[C@@H](CO)[C@H](O)[C@H]2O)[C@H]1O. The third kappa shape index (κ3) is 4.87. The average molecular weight is 458 g/mol. The molecule has 0 aromatic carbocycles. The lowest BCUT2D eigenvalue weighted by molar-refractivity contribution is -0.363. The lowest BCUT2D eigenvalue weighted by Gasteiger charge is -2.46. The first-order valence-corrected chi connectivity index (χ1v) is 9.86. The Morgan fingerprint density at radius 1 is 0.581 bits per heavy atom. The fourth-order valence-corrected chi connectivity index (χ4v) is 3.82. The summed E-state index contributed by atoms with van der Waals surface area (Å²) in [6.07, 6.45) is -20.8. The van der Waals surface area contributed by atoms with Gasteiger partial charge in [-0.3, -0.25) is 0 Å². The van der Waals surface area contributed by atoms with Gasteiger partial charge >= 0.3 is 0 Å². The Balaban J connectivity index is 1.74. The van der Waals surface area contributed by atoms with Crippen molar-refractivity contribution in [2.45, 2.75) is 92.9 Å². The van der Waals surface area contributed by atoms with Crippen LogP contribution in [0.2, 0.25) is 0 Å². The van der Waals surface area contributed by atoms with Gasteiger partial charge in [-0.25, -0.2) is 0 Å². The van der Waals surface area contributed by atoms with Crippen LogP contribution in [0.1, 0.15) is 6.92 Å². The van der Waals surface area contributed by atoms with Crippen LogP contribution in [0, 0.1) is 0 Å². The quantitative estimate of drug-likeness (QED) is 0.181. The first kappa shape index (κ1) is 25.1. The van der Waals surface area contributed by atoms with Crippen LogP contribution < -0.4 is 0 Å². The number of rotatable bonds is 6. The zero-order valence-electron chi connectivity index (χ0n) is 16.6. The molecule has 14 nitrogen and oxygen atoms in total. The van der Waals surface area contributed by atoms with Crippen molar-refractivity contribution in [1.82, 2.24) is 0 Å². The normalized spacial score (nSPS) is 53.6. The van der Waals surface area contributed by atoms with E-state index >= 15 is 0 Å². The molecule has 3 rings (SSSR count). The molecule has 14 atom stereocenters. The second-order valence-corrected chi connectivity index (χ2v) is 7.83. The Labute approximate surface area is 176 Å². The molecule has 14 heteroatoms. The molecule has 3 saturated heterocycles. The first-order valence-electron chi connectivity index (χ1n) is 9.86. The van der Waals surface area contributed by atoms with Gasteiger partial charge in [0.2, 0.25) is 0 Å². The molecule has 0 spiro atoms. The predicted octanol–water partition coefficient (Wildman–Crippen LogP) is -5.91. The molecule has 3 aliphatic rings. The second kappa shape index (κ2) is 10.1. The summed E-state index contributed by atoms with van der Waals surface area (Å²) in [4.78, 5) is 0. The fraction of sp³-hybridized carbons (Fsp3) is 1.00. The minimum Gasteiger partial charge on any atom is -0.394 e. The van der Waals surface area contributed by atoms with Crippen molar-refractivity contribution in [3.63, 3.8) is 0 Å². The summed E-state index contributed by atoms with van der Waals surface area (Å²) in [6.45, 7) is 0.0987. The molecule has 0 aromatic rings. The van der Waals surface area contributed by atoms with Gasteiger partial charge in [-0.1, -0.05) is 0 Å². The highest BCUT2D eigenvalue weighted by Crippen LogP contribution is 2.32. The Morgan fingerprint density at radius 2 is 1.10 bits per heavy atom. The van der Waals surface area contributed by atoms with Gasteiger partial charge in [-0.2, -0.15) is 0 Å². The van der Waals surface area contributed by atoms with E-state index in [1.54, 1.807) is 0 Å². The van der Waals surface area contributed by atoms with Gasteiger partial charge < -0.3 is 69.6 Å². The minimum absolute atomic E-state index is 0.617. The zero-order valence-corrected chi connectivity index (χ0v) is 16.6. The molecular formula is C17H30O14. The molecule has 182 valence electrons. The number of aliphatic hydroxyl groups is 9. The molecule has 9 N–H and O–H groups in total. The van der Waals surface area contributed by atoms with E-state index in [4.69, 9.17) is 23.7 Å². The van der Waals surface area contributed by atoms with E-state index in [-0.39, 0.29) is 0 Å². The summed E-state index contributed by atoms with van der Waals surface area (Å²) in [6, 6.07) is 0. The molecule has 3 aliphatic heterocycles. The molecule has 31 heavy (non-hydrogen) atoms. The largest absolute Gasteiger partial charge is 0.394 e. The average Bonchev–Trinajstić information content (AvgIpc) is 3.01. The van der Waals surface area contributed by atoms with Crippen molar-refractivity contribution in [3.05, 3.63) is 0 Å². The number of aliphatic hydroxyl groups excluding tert-OH is 9. The van der Waals surface area contributed by atoms with Crippen LogP contribution in [0.5, 0.6) is 0 Å². The highest BCUT2D eigenvalue weighted by molar-refractivity contribution is 4.95. The second-order valence-electron chi connectivity index (χ2n) is 7.83. The van der Waals surface area contributed by atoms with Gasteiger partial charge in [0, 0.05) is 0 Å². The van der Waals surface area contributed by atoms with Crippen LogP contribution in [0.3, 0.4) is 0 Å². The molecule has 0 saturated carbocycles. The predicted molar refractivity (Wildman–Crippen MR) is 93.8 cm³/mol. The molecule has 0 aromatic heterocycles. The van der Waals surface area contributed by atoms with E-state index in [2.05, 4.69) is 0 Å². The maximum atomic E-state index is 10.7.